The second-order valence-corrected chi connectivity index (χ2v) is 4.97. The van der Waals surface area contributed by atoms with Crippen LogP contribution in [-0.2, 0) is 6.54 Å². The van der Waals surface area contributed by atoms with Gasteiger partial charge in [-0.25, -0.2) is 4.39 Å². The minimum absolute atomic E-state index is 0.0240. The lowest BCUT2D eigenvalue weighted by Crippen LogP contribution is -2.46. The second-order valence-electron chi connectivity index (χ2n) is 4.97. The molecule has 0 aliphatic rings. The Kier molecular flexibility index (Phi) is 5.56. The van der Waals surface area contributed by atoms with Gasteiger partial charge in [0.05, 0.1) is 6.61 Å². The summed E-state index contributed by atoms with van der Waals surface area (Å²) in [5.74, 6) is 0.0123. The third kappa shape index (κ3) is 4.63. The summed E-state index contributed by atoms with van der Waals surface area (Å²) < 4.78 is 18.8. The van der Waals surface area contributed by atoms with E-state index in [0.29, 0.717) is 18.9 Å². The van der Waals surface area contributed by atoms with Crippen molar-refractivity contribution in [1.29, 1.82) is 0 Å². The lowest BCUT2D eigenvalue weighted by Gasteiger charge is -2.26. The van der Waals surface area contributed by atoms with Crippen molar-refractivity contribution in [3.8, 4) is 5.75 Å². The Morgan fingerprint density at radius 3 is 2.61 bits per heavy atom. The summed E-state index contributed by atoms with van der Waals surface area (Å²) >= 11 is 0. The number of rotatable bonds is 7. The van der Waals surface area contributed by atoms with Gasteiger partial charge in [-0.15, -0.1) is 0 Å². The average molecular weight is 254 g/mol. The Labute approximate surface area is 109 Å². The third-order valence-electron chi connectivity index (χ3n) is 2.69. The van der Waals surface area contributed by atoms with Crippen LogP contribution < -0.4 is 15.4 Å². The van der Waals surface area contributed by atoms with Gasteiger partial charge in [0, 0.05) is 18.6 Å². The van der Waals surface area contributed by atoms with Crippen LogP contribution >= 0.6 is 0 Å². The molecule has 0 amide bonds. The molecule has 0 aliphatic carbocycles. The molecule has 0 aromatic heterocycles. The first-order valence-electron chi connectivity index (χ1n) is 6.29. The van der Waals surface area contributed by atoms with Crippen molar-refractivity contribution in [1.82, 2.24) is 10.6 Å². The Morgan fingerprint density at radius 1 is 1.33 bits per heavy atom. The third-order valence-corrected chi connectivity index (χ3v) is 2.69. The highest BCUT2D eigenvalue weighted by Gasteiger charge is 2.15. The summed E-state index contributed by atoms with van der Waals surface area (Å²) in [5, 5.41) is 6.51. The van der Waals surface area contributed by atoms with Crippen LogP contribution in [0.5, 0.6) is 5.75 Å². The van der Waals surface area contributed by atoms with Crippen LogP contribution in [0.4, 0.5) is 4.39 Å². The summed E-state index contributed by atoms with van der Waals surface area (Å²) in [6, 6.07) is 5.09. The molecule has 0 aliphatic heterocycles. The predicted molar refractivity (Wildman–Crippen MR) is 72.4 cm³/mol. The van der Waals surface area contributed by atoms with Crippen LogP contribution in [-0.4, -0.2) is 25.7 Å². The highest BCUT2D eigenvalue weighted by molar-refractivity contribution is 5.29. The van der Waals surface area contributed by atoms with E-state index in [9.17, 15) is 4.39 Å². The first-order chi connectivity index (χ1) is 8.48. The molecular formula is C14H23FN2O. The van der Waals surface area contributed by atoms with E-state index in [2.05, 4.69) is 24.5 Å². The number of hydrogen-bond donors (Lipinski definition) is 2. The number of likely N-dealkylation sites (N-methyl/N-ethyl adjacent to an activating group) is 1. The molecular weight excluding hydrogens is 231 g/mol. The zero-order valence-electron chi connectivity index (χ0n) is 11.6. The van der Waals surface area contributed by atoms with Crippen LogP contribution in [0.1, 0.15) is 26.3 Å². The molecule has 0 atom stereocenters. The fourth-order valence-corrected chi connectivity index (χ4v) is 1.77. The van der Waals surface area contributed by atoms with Gasteiger partial charge >= 0.3 is 0 Å². The summed E-state index contributed by atoms with van der Waals surface area (Å²) in [5.41, 5.74) is 0.893. The Hall–Kier alpha value is -1.13. The molecule has 0 unspecified atom stereocenters. The molecule has 4 heteroatoms. The van der Waals surface area contributed by atoms with Crippen molar-refractivity contribution in [3.05, 3.63) is 29.6 Å². The number of hydrogen-bond acceptors (Lipinski definition) is 3. The SMILES string of the molecule is CCOc1ccc(CNC(C)(C)CNC)cc1F. The summed E-state index contributed by atoms with van der Waals surface area (Å²) in [6.45, 7) is 8.02. The predicted octanol–water partition coefficient (Wildman–Crippen LogP) is 2.31. The number of ether oxygens (including phenoxy) is 1. The van der Waals surface area contributed by atoms with E-state index < -0.39 is 0 Å². The number of benzene rings is 1. The van der Waals surface area contributed by atoms with Crippen LogP contribution in [0, 0.1) is 5.82 Å². The Bertz CT molecular complexity index is 380. The highest BCUT2D eigenvalue weighted by Crippen LogP contribution is 2.18. The van der Waals surface area contributed by atoms with E-state index in [0.717, 1.165) is 12.1 Å². The number of halogens is 1. The number of nitrogens with one attached hydrogen (secondary N) is 2. The molecule has 0 saturated heterocycles. The lowest BCUT2D eigenvalue weighted by atomic mass is 10.1. The van der Waals surface area contributed by atoms with Gasteiger partial charge in [-0.05, 0) is 45.5 Å². The smallest absolute Gasteiger partial charge is 0.165 e. The van der Waals surface area contributed by atoms with E-state index in [1.807, 2.05) is 20.0 Å². The molecule has 0 radical (unpaired) electrons. The summed E-state index contributed by atoms with van der Waals surface area (Å²) in [7, 11) is 1.92. The fraction of sp³-hybridized carbons (Fsp3) is 0.571. The first kappa shape index (κ1) is 14.9. The van der Waals surface area contributed by atoms with E-state index in [1.165, 1.54) is 6.07 Å². The van der Waals surface area contributed by atoms with Crippen molar-refractivity contribution in [2.45, 2.75) is 32.9 Å². The van der Waals surface area contributed by atoms with Crippen LogP contribution in [0.3, 0.4) is 0 Å². The van der Waals surface area contributed by atoms with E-state index >= 15 is 0 Å². The van der Waals surface area contributed by atoms with Gasteiger partial charge in [-0.3, -0.25) is 0 Å². The normalized spacial score (nSPS) is 11.6. The monoisotopic (exact) mass is 254 g/mol. The van der Waals surface area contributed by atoms with Crippen molar-refractivity contribution in [2.75, 3.05) is 20.2 Å². The molecule has 1 aromatic carbocycles. The maximum Gasteiger partial charge on any atom is 0.165 e. The van der Waals surface area contributed by atoms with Crippen molar-refractivity contribution in [2.24, 2.45) is 0 Å². The Morgan fingerprint density at radius 2 is 2.06 bits per heavy atom. The maximum atomic E-state index is 13.6. The topological polar surface area (TPSA) is 33.3 Å². The standard InChI is InChI=1S/C14H23FN2O/c1-5-18-13-7-6-11(8-12(13)15)9-17-14(2,3)10-16-4/h6-8,16-17H,5,9-10H2,1-4H3. The van der Waals surface area contributed by atoms with Crippen LogP contribution in [0.2, 0.25) is 0 Å². The minimum atomic E-state index is -0.303. The molecule has 1 aromatic rings. The zero-order valence-corrected chi connectivity index (χ0v) is 11.6. The largest absolute Gasteiger partial charge is 0.491 e. The fourth-order valence-electron chi connectivity index (χ4n) is 1.77. The molecule has 0 fully saturated rings. The van der Waals surface area contributed by atoms with Gasteiger partial charge in [-0.1, -0.05) is 6.07 Å². The van der Waals surface area contributed by atoms with Gasteiger partial charge in [0.25, 0.3) is 0 Å². The lowest BCUT2D eigenvalue weighted by molar-refractivity contribution is 0.321. The first-order valence-corrected chi connectivity index (χ1v) is 6.29. The van der Waals surface area contributed by atoms with Crippen molar-refractivity contribution in [3.63, 3.8) is 0 Å². The molecule has 0 heterocycles. The van der Waals surface area contributed by atoms with Crippen LogP contribution in [0.15, 0.2) is 18.2 Å². The maximum absolute atomic E-state index is 13.6. The van der Waals surface area contributed by atoms with Crippen molar-refractivity contribution < 1.29 is 9.13 Å². The van der Waals surface area contributed by atoms with Crippen LogP contribution in [0.25, 0.3) is 0 Å². The van der Waals surface area contributed by atoms with Crippen molar-refractivity contribution >= 4 is 0 Å². The molecule has 0 saturated carbocycles. The minimum Gasteiger partial charge on any atom is -0.491 e. The zero-order chi connectivity index (χ0) is 13.6. The summed E-state index contributed by atoms with van der Waals surface area (Å²) in [6.07, 6.45) is 0. The second kappa shape index (κ2) is 6.71. The average Bonchev–Trinajstić information content (AvgIpc) is 2.30. The quantitative estimate of drug-likeness (QED) is 0.783. The summed E-state index contributed by atoms with van der Waals surface area (Å²) in [4.78, 5) is 0. The molecule has 0 spiro atoms. The van der Waals surface area contributed by atoms with Gasteiger partial charge in [0.2, 0.25) is 0 Å². The van der Waals surface area contributed by atoms with Gasteiger partial charge in [0.1, 0.15) is 0 Å². The van der Waals surface area contributed by atoms with Gasteiger partial charge in [0.15, 0.2) is 11.6 Å². The molecule has 2 N–H and O–H groups in total. The van der Waals surface area contributed by atoms with E-state index in [4.69, 9.17) is 4.74 Å². The molecule has 3 nitrogen and oxygen atoms in total. The Balaban J connectivity index is 2.61. The molecule has 102 valence electrons. The van der Waals surface area contributed by atoms with Gasteiger partial charge in [-0.2, -0.15) is 0 Å². The van der Waals surface area contributed by atoms with Gasteiger partial charge < -0.3 is 15.4 Å². The molecule has 1 rings (SSSR count). The molecule has 0 bridgehead atoms. The van der Waals surface area contributed by atoms with E-state index in [-0.39, 0.29) is 11.4 Å². The van der Waals surface area contributed by atoms with E-state index in [1.54, 1.807) is 6.07 Å². The highest BCUT2D eigenvalue weighted by atomic mass is 19.1. The molecule has 18 heavy (non-hydrogen) atoms.